The van der Waals surface area contributed by atoms with E-state index in [0.29, 0.717) is 0 Å². The summed E-state index contributed by atoms with van der Waals surface area (Å²) in [6.45, 7) is 0. The van der Waals surface area contributed by atoms with Crippen LogP contribution in [0.3, 0.4) is 0 Å². The van der Waals surface area contributed by atoms with E-state index in [4.69, 9.17) is 0 Å². The first-order chi connectivity index (χ1) is 21.3. The predicted molar refractivity (Wildman–Crippen MR) is 192 cm³/mol. The lowest BCUT2D eigenvalue weighted by Crippen LogP contribution is -1.95. The highest BCUT2D eigenvalue weighted by molar-refractivity contribution is 14.1. The number of nitrogens with zero attached hydrogens (tertiary/aromatic N) is 2. The number of hydrogen-bond acceptors (Lipinski definition) is 0. The summed E-state index contributed by atoms with van der Waals surface area (Å²) >= 11 is 2.48. The molecule has 0 spiro atoms. The second-order valence-corrected chi connectivity index (χ2v) is 12.1. The Bertz CT molecular complexity index is 2480. The maximum atomic E-state index is 2.48. The maximum Gasteiger partial charge on any atom is 0.0676 e. The van der Waals surface area contributed by atoms with Crippen molar-refractivity contribution in [1.82, 2.24) is 7.35 Å². The standard InChI is InChI=1S/C40H25IN2/c41-43-36-17-9-7-15-34(36)38-37-33-14-6-8-16-35(33)42(39(37)31-12-4-5-13-32(31)40(38)43)30-24-22-29(23-25-30)28-20-18-27(19-21-28)26-10-2-1-3-11-26/h1-25H. The van der Waals surface area contributed by atoms with Gasteiger partial charge in [-0.1, -0.05) is 127 Å². The van der Waals surface area contributed by atoms with Crippen LogP contribution in [0.4, 0.5) is 0 Å². The summed E-state index contributed by atoms with van der Waals surface area (Å²) in [6.07, 6.45) is 0. The lowest BCUT2D eigenvalue weighted by molar-refractivity contribution is 1.19. The summed E-state index contributed by atoms with van der Waals surface area (Å²) in [7, 11) is 0. The van der Waals surface area contributed by atoms with Gasteiger partial charge in [0, 0.05) is 38.0 Å². The fourth-order valence-corrected chi connectivity index (χ4v) is 7.82. The lowest BCUT2D eigenvalue weighted by Gasteiger charge is -2.12. The quantitative estimate of drug-likeness (QED) is 0.167. The van der Waals surface area contributed by atoms with Gasteiger partial charge in [0.25, 0.3) is 0 Å². The van der Waals surface area contributed by atoms with E-state index in [1.165, 1.54) is 82.3 Å². The minimum atomic E-state index is 1.17. The van der Waals surface area contributed by atoms with Crippen LogP contribution in [0.1, 0.15) is 0 Å². The van der Waals surface area contributed by atoms with Crippen molar-refractivity contribution in [3.8, 4) is 27.9 Å². The molecule has 0 saturated carbocycles. The largest absolute Gasteiger partial charge is 0.309 e. The number of fused-ring (bicyclic) bond motifs is 10. The van der Waals surface area contributed by atoms with Crippen LogP contribution in [0.25, 0.3) is 82.3 Å². The molecule has 2 aromatic heterocycles. The minimum Gasteiger partial charge on any atom is -0.309 e. The molecule has 0 aliphatic heterocycles. The molecule has 0 atom stereocenters. The van der Waals surface area contributed by atoms with Gasteiger partial charge in [0.2, 0.25) is 0 Å². The van der Waals surface area contributed by atoms with Gasteiger partial charge in [-0.25, -0.2) is 0 Å². The van der Waals surface area contributed by atoms with Crippen LogP contribution in [0.2, 0.25) is 0 Å². The molecular weight excluding hydrogens is 635 g/mol. The molecule has 0 aliphatic rings. The van der Waals surface area contributed by atoms with Crippen molar-refractivity contribution < 1.29 is 0 Å². The molecule has 9 aromatic rings. The fourth-order valence-electron chi connectivity index (χ4n) is 6.90. The van der Waals surface area contributed by atoms with Crippen molar-refractivity contribution in [3.63, 3.8) is 0 Å². The van der Waals surface area contributed by atoms with Crippen molar-refractivity contribution in [2.75, 3.05) is 0 Å². The second-order valence-electron chi connectivity index (χ2n) is 11.1. The molecule has 202 valence electrons. The smallest absolute Gasteiger partial charge is 0.0676 e. The van der Waals surface area contributed by atoms with Crippen molar-refractivity contribution in [1.29, 1.82) is 0 Å². The van der Waals surface area contributed by atoms with Gasteiger partial charge in [-0.2, -0.15) is 0 Å². The third-order valence-corrected chi connectivity index (χ3v) is 9.83. The first-order valence-electron chi connectivity index (χ1n) is 14.6. The molecule has 0 amide bonds. The number of para-hydroxylation sites is 2. The molecule has 3 heteroatoms. The van der Waals surface area contributed by atoms with Crippen molar-refractivity contribution in [2.24, 2.45) is 0 Å². The molecule has 43 heavy (non-hydrogen) atoms. The minimum absolute atomic E-state index is 1.17. The highest BCUT2D eigenvalue weighted by atomic mass is 127. The summed E-state index contributed by atoms with van der Waals surface area (Å²) in [4.78, 5) is 0. The third kappa shape index (κ3) is 3.64. The van der Waals surface area contributed by atoms with Gasteiger partial charge in [-0.15, -0.1) is 0 Å². The fraction of sp³-hybridized carbons (Fsp3) is 0. The molecule has 0 unspecified atom stereocenters. The Morgan fingerprint density at radius 2 is 0.767 bits per heavy atom. The zero-order valence-corrected chi connectivity index (χ0v) is 25.4. The van der Waals surface area contributed by atoms with E-state index < -0.39 is 0 Å². The summed E-state index contributed by atoms with van der Waals surface area (Å²) in [5.74, 6) is 0. The number of hydrogen-bond donors (Lipinski definition) is 0. The summed E-state index contributed by atoms with van der Waals surface area (Å²) in [5.41, 5.74) is 11.1. The van der Waals surface area contributed by atoms with E-state index >= 15 is 0 Å². The van der Waals surface area contributed by atoms with E-state index in [1.807, 2.05) is 0 Å². The summed E-state index contributed by atoms with van der Waals surface area (Å²) < 4.78 is 4.81. The van der Waals surface area contributed by atoms with Crippen molar-refractivity contribution in [3.05, 3.63) is 152 Å². The lowest BCUT2D eigenvalue weighted by atomic mass is 9.99. The molecule has 2 heterocycles. The Kier molecular flexibility index (Phi) is 5.50. The van der Waals surface area contributed by atoms with E-state index in [9.17, 15) is 0 Å². The molecular formula is C40H25IN2. The highest BCUT2D eigenvalue weighted by Crippen LogP contribution is 2.46. The molecule has 0 aliphatic carbocycles. The average molecular weight is 661 g/mol. The number of rotatable bonds is 3. The zero-order chi connectivity index (χ0) is 28.5. The molecule has 0 N–H and O–H groups in total. The highest BCUT2D eigenvalue weighted by Gasteiger charge is 2.22. The first kappa shape index (κ1) is 24.7. The molecule has 9 rings (SSSR count). The summed E-state index contributed by atoms with van der Waals surface area (Å²) in [6, 6.07) is 55.0. The summed E-state index contributed by atoms with van der Waals surface area (Å²) in [5, 5.41) is 7.75. The van der Waals surface area contributed by atoms with Gasteiger partial charge < -0.3 is 4.57 Å². The van der Waals surface area contributed by atoms with Gasteiger partial charge in [0.1, 0.15) is 0 Å². The van der Waals surface area contributed by atoms with Crippen LogP contribution in [0, 0.1) is 0 Å². The van der Waals surface area contributed by atoms with Gasteiger partial charge >= 0.3 is 0 Å². The molecule has 0 radical (unpaired) electrons. The van der Waals surface area contributed by atoms with E-state index in [2.05, 4.69) is 182 Å². The van der Waals surface area contributed by atoms with Crippen LogP contribution in [-0.2, 0) is 0 Å². The van der Waals surface area contributed by atoms with Gasteiger partial charge in [-0.3, -0.25) is 2.78 Å². The van der Waals surface area contributed by atoms with Crippen molar-refractivity contribution >= 4 is 77.2 Å². The van der Waals surface area contributed by atoms with Gasteiger partial charge in [-0.05, 0) is 46.5 Å². The normalized spacial score (nSPS) is 11.8. The predicted octanol–water partition coefficient (Wildman–Crippen LogP) is 11.6. The Balaban J connectivity index is 1.29. The molecule has 7 aromatic carbocycles. The SMILES string of the molecule is In1c2ccccc2c2c3c4ccccc4n(-c4ccc(-c5ccc(-c6ccccc6)cc5)cc4)c3c3ccccc3c21. The van der Waals surface area contributed by atoms with Crippen LogP contribution >= 0.6 is 22.9 Å². The van der Waals surface area contributed by atoms with Gasteiger partial charge in [0.05, 0.1) is 44.9 Å². The molecule has 2 nitrogen and oxygen atoms in total. The zero-order valence-electron chi connectivity index (χ0n) is 23.2. The first-order valence-corrected chi connectivity index (χ1v) is 15.5. The monoisotopic (exact) mass is 660 g/mol. The van der Waals surface area contributed by atoms with E-state index in [0.717, 1.165) is 0 Å². The molecule has 0 saturated heterocycles. The Hall–Kier alpha value is -4.87. The third-order valence-electron chi connectivity index (χ3n) is 8.83. The maximum absolute atomic E-state index is 2.48. The number of aromatic nitrogens is 2. The van der Waals surface area contributed by atoms with E-state index in [1.54, 1.807) is 0 Å². The molecule has 0 bridgehead atoms. The van der Waals surface area contributed by atoms with Crippen LogP contribution in [0.15, 0.2) is 152 Å². The van der Waals surface area contributed by atoms with Crippen molar-refractivity contribution in [2.45, 2.75) is 0 Å². The van der Waals surface area contributed by atoms with E-state index in [-0.39, 0.29) is 0 Å². The second kappa shape index (κ2) is 9.58. The van der Waals surface area contributed by atoms with Crippen LogP contribution in [-0.4, -0.2) is 7.35 Å². The Morgan fingerprint density at radius 3 is 1.40 bits per heavy atom. The van der Waals surface area contributed by atoms with Crippen LogP contribution < -0.4 is 0 Å². The Morgan fingerprint density at radius 1 is 0.349 bits per heavy atom. The number of benzene rings is 7. The number of halogens is 1. The Labute approximate surface area is 262 Å². The molecule has 0 fully saturated rings. The van der Waals surface area contributed by atoms with Crippen LogP contribution in [0.5, 0.6) is 0 Å². The average Bonchev–Trinajstić information content (AvgIpc) is 3.58. The topological polar surface area (TPSA) is 9.86 Å². The van der Waals surface area contributed by atoms with Gasteiger partial charge in [0.15, 0.2) is 0 Å².